The fraction of sp³-hybridized carbons (Fsp3) is 0.625. The van der Waals surface area contributed by atoms with Crippen molar-refractivity contribution in [3.8, 4) is 0 Å². The van der Waals surface area contributed by atoms with E-state index < -0.39 is 0 Å². The Morgan fingerprint density at radius 2 is 2.27 bits per heavy atom. The van der Waals surface area contributed by atoms with Crippen molar-refractivity contribution in [1.82, 2.24) is 9.55 Å². The number of aromatic nitrogens is 2. The highest BCUT2D eigenvalue weighted by molar-refractivity contribution is 5.28. The highest BCUT2D eigenvalue weighted by atomic mass is 15.2. The molecule has 0 atom stereocenters. The third-order valence-electron chi connectivity index (χ3n) is 1.71. The SMILES string of the molecule is CCNc1ncc(C)n1CC. The molecule has 1 aromatic heterocycles. The molecule has 0 aliphatic heterocycles. The molecule has 1 rings (SSSR count). The molecule has 0 aliphatic carbocycles. The molecule has 0 amide bonds. The van der Waals surface area contributed by atoms with E-state index in [0.29, 0.717) is 0 Å². The lowest BCUT2D eigenvalue weighted by Gasteiger charge is -2.06. The van der Waals surface area contributed by atoms with E-state index in [-0.39, 0.29) is 0 Å². The number of imidazole rings is 1. The predicted octanol–water partition coefficient (Wildman–Crippen LogP) is 1.64. The summed E-state index contributed by atoms with van der Waals surface area (Å²) in [5.74, 6) is 0.979. The second-order valence-electron chi connectivity index (χ2n) is 2.50. The van der Waals surface area contributed by atoms with Crippen molar-refractivity contribution in [1.29, 1.82) is 0 Å². The Balaban J connectivity index is 2.86. The van der Waals surface area contributed by atoms with Crippen LogP contribution in [0.3, 0.4) is 0 Å². The van der Waals surface area contributed by atoms with Crippen molar-refractivity contribution >= 4 is 5.95 Å². The lowest BCUT2D eigenvalue weighted by molar-refractivity contribution is 0.742. The van der Waals surface area contributed by atoms with Crippen LogP contribution < -0.4 is 5.32 Å². The number of nitrogens with one attached hydrogen (secondary N) is 1. The topological polar surface area (TPSA) is 29.9 Å². The van der Waals surface area contributed by atoms with Crippen LogP contribution in [0.25, 0.3) is 0 Å². The second-order valence-corrected chi connectivity index (χ2v) is 2.50. The molecule has 11 heavy (non-hydrogen) atoms. The van der Waals surface area contributed by atoms with Crippen molar-refractivity contribution in [3.63, 3.8) is 0 Å². The molecule has 0 saturated carbocycles. The Morgan fingerprint density at radius 1 is 1.55 bits per heavy atom. The Bertz CT molecular complexity index is 227. The highest BCUT2D eigenvalue weighted by Crippen LogP contribution is 2.08. The van der Waals surface area contributed by atoms with E-state index in [1.54, 1.807) is 0 Å². The minimum Gasteiger partial charge on any atom is -0.356 e. The molecule has 0 aliphatic rings. The zero-order chi connectivity index (χ0) is 8.27. The van der Waals surface area contributed by atoms with E-state index in [1.807, 2.05) is 6.20 Å². The Kier molecular flexibility index (Phi) is 2.52. The number of rotatable bonds is 3. The Hall–Kier alpha value is -0.990. The summed E-state index contributed by atoms with van der Waals surface area (Å²) in [4.78, 5) is 4.23. The van der Waals surface area contributed by atoms with Gasteiger partial charge in [-0.3, -0.25) is 0 Å². The van der Waals surface area contributed by atoms with Crippen LogP contribution in [0.5, 0.6) is 0 Å². The summed E-state index contributed by atoms with van der Waals surface area (Å²) in [5, 5.41) is 3.20. The standard InChI is InChI=1S/C8H15N3/c1-4-9-8-10-6-7(3)11(8)5-2/h6H,4-5H2,1-3H3,(H,9,10). The van der Waals surface area contributed by atoms with Gasteiger partial charge in [0, 0.05) is 18.8 Å². The lowest BCUT2D eigenvalue weighted by Crippen LogP contribution is -2.06. The summed E-state index contributed by atoms with van der Waals surface area (Å²) in [7, 11) is 0. The summed E-state index contributed by atoms with van der Waals surface area (Å²) in [6, 6.07) is 0. The monoisotopic (exact) mass is 153 g/mol. The third kappa shape index (κ3) is 1.53. The van der Waals surface area contributed by atoms with Crippen molar-refractivity contribution < 1.29 is 0 Å². The van der Waals surface area contributed by atoms with E-state index in [1.165, 1.54) is 5.69 Å². The average molecular weight is 153 g/mol. The van der Waals surface area contributed by atoms with E-state index in [9.17, 15) is 0 Å². The molecule has 1 N–H and O–H groups in total. The van der Waals surface area contributed by atoms with Gasteiger partial charge in [0.05, 0.1) is 6.20 Å². The van der Waals surface area contributed by atoms with E-state index in [2.05, 4.69) is 35.6 Å². The summed E-state index contributed by atoms with van der Waals surface area (Å²) < 4.78 is 2.16. The van der Waals surface area contributed by atoms with Gasteiger partial charge in [0.15, 0.2) is 0 Å². The molecule has 0 bridgehead atoms. The molecule has 0 radical (unpaired) electrons. The summed E-state index contributed by atoms with van der Waals surface area (Å²) in [5.41, 5.74) is 1.21. The predicted molar refractivity (Wildman–Crippen MR) is 46.8 cm³/mol. The molecule has 1 heterocycles. The first-order valence-electron chi connectivity index (χ1n) is 4.05. The van der Waals surface area contributed by atoms with Gasteiger partial charge in [-0.2, -0.15) is 0 Å². The first-order chi connectivity index (χ1) is 5.29. The molecular formula is C8H15N3. The van der Waals surface area contributed by atoms with E-state index in [4.69, 9.17) is 0 Å². The maximum absolute atomic E-state index is 4.23. The minimum absolute atomic E-state index is 0.927. The van der Waals surface area contributed by atoms with Gasteiger partial charge >= 0.3 is 0 Å². The molecule has 62 valence electrons. The minimum atomic E-state index is 0.927. The highest BCUT2D eigenvalue weighted by Gasteiger charge is 2.01. The van der Waals surface area contributed by atoms with Crippen LogP contribution in [0.4, 0.5) is 5.95 Å². The zero-order valence-corrected chi connectivity index (χ0v) is 7.39. The van der Waals surface area contributed by atoms with Crippen molar-refractivity contribution in [2.75, 3.05) is 11.9 Å². The van der Waals surface area contributed by atoms with E-state index >= 15 is 0 Å². The van der Waals surface area contributed by atoms with Gasteiger partial charge in [0.1, 0.15) is 0 Å². The van der Waals surface area contributed by atoms with Gasteiger partial charge in [-0.15, -0.1) is 0 Å². The molecule has 0 saturated heterocycles. The third-order valence-corrected chi connectivity index (χ3v) is 1.71. The van der Waals surface area contributed by atoms with Crippen LogP contribution in [-0.2, 0) is 6.54 Å². The second kappa shape index (κ2) is 3.42. The van der Waals surface area contributed by atoms with Crippen LogP contribution >= 0.6 is 0 Å². The van der Waals surface area contributed by atoms with Gasteiger partial charge in [0.25, 0.3) is 0 Å². The van der Waals surface area contributed by atoms with Crippen LogP contribution in [0.2, 0.25) is 0 Å². The molecule has 3 nitrogen and oxygen atoms in total. The number of nitrogens with zero attached hydrogens (tertiary/aromatic N) is 2. The van der Waals surface area contributed by atoms with Crippen molar-refractivity contribution in [2.45, 2.75) is 27.3 Å². The fourth-order valence-electron chi connectivity index (χ4n) is 1.16. The van der Waals surface area contributed by atoms with Crippen LogP contribution in [0, 0.1) is 6.92 Å². The Labute approximate surface area is 67.4 Å². The molecular weight excluding hydrogens is 138 g/mol. The largest absolute Gasteiger partial charge is 0.356 e. The zero-order valence-electron chi connectivity index (χ0n) is 7.39. The molecule has 0 aromatic carbocycles. The molecule has 0 fully saturated rings. The number of hydrogen-bond donors (Lipinski definition) is 1. The van der Waals surface area contributed by atoms with Crippen LogP contribution in [0.15, 0.2) is 6.20 Å². The summed E-state index contributed by atoms with van der Waals surface area (Å²) >= 11 is 0. The van der Waals surface area contributed by atoms with Gasteiger partial charge < -0.3 is 9.88 Å². The smallest absolute Gasteiger partial charge is 0.202 e. The molecule has 0 spiro atoms. The summed E-state index contributed by atoms with van der Waals surface area (Å²) in [6.45, 7) is 8.17. The first-order valence-corrected chi connectivity index (χ1v) is 4.05. The maximum atomic E-state index is 4.23. The first kappa shape index (κ1) is 8.11. The number of aryl methyl sites for hydroxylation is 1. The van der Waals surface area contributed by atoms with E-state index in [0.717, 1.165) is 19.0 Å². The molecule has 3 heteroatoms. The van der Waals surface area contributed by atoms with Gasteiger partial charge in [0.2, 0.25) is 5.95 Å². The Morgan fingerprint density at radius 3 is 2.82 bits per heavy atom. The van der Waals surface area contributed by atoms with Crippen LogP contribution in [-0.4, -0.2) is 16.1 Å². The normalized spacial score (nSPS) is 10.1. The van der Waals surface area contributed by atoms with Crippen molar-refractivity contribution in [2.24, 2.45) is 0 Å². The maximum Gasteiger partial charge on any atom is 0.202 e. The average Bonchev–Trinajstić information content (AvgIpc) is 2.33. The number of hydrogen-bond acceptors (Lipinski definition) is 2. The molecule has 1 aromatic rings. The van der Waals surface area contributed by atoms with Gasteiger partial charge in [-0.25, -0.2) is 4.98 Å². The molecule has 0 unspecified atom stereocenters. The lowest BCUT2D eigenvalue weighted by atomic mass is 10.5. The van der Waals surface area contributed by atoms with Gasteiger partial charge in [-0.1, -0.05) is 0 Å². The quantitative estimate of drug-likeness (QED) is 0.715. The van der Waals surface area contributed by atoms with Gasteiger partial charge in [-0.05, 0) is 20.8 Å². The van der Waals surface area contributed by atoms with Crippen LogP contribution in [0.1, 0.15) is 19.5 Å². The van der Waals surface area contributed by atoms with Crippen molar-refractivity contribution in [3.05, 3.63) is 11.9 Å². The summed E-state index contributed by atoms with van der Waals surface area (Å²) in [6.07, 6.45) is 1.89. The number of anilines is 1. The fourth-order valence-corrected chi connectivity index (χ4v) is 1.16.